The van der Waals surface area contributed by atoms with Gasteiger partial charge in [0, 0.05) is 18.5 Å². The topological polar surface area (TPSA) is 55.4 Å². The number of amides is 1. The summed E-state index contributed by atoms with van der Waals surface area (Å²) in [6.45, 7) is 1.76. The molecule has 0 spiro atoms. The zero-order valence-electron chi connectivity index (χ0n) is 4.66. The highest BCUT2D eigenvalue weighted by molar-refractivity contribution is 5.85. The largest absolute Gasteiger partial charge is 0.366 e. The second-order valence-electron chi connectivity index (χ2n) is 1.13. The first kappa shape index (κ1) is 6.88. The Hall–Kier alpha value is -1.12. The fraction of sp³-hybridized carbons (Fsp3) is 0.200. The van der Waals surface area contributed by atoms with E-state index in [1.54, 1.807) is 13.1 Å². The molecule has 0 aromatic heterocycles. The summed E-state index contributed by atoms with van der Waals surface area (Å²) in [5.74, 6) is -0.476. The number of carbonyl (C=O) groups excluding carboxylic acids is 1. The zero-order chi connectivity index (χ0) is 6.41. The van der Waals surface area contributed by atoms with Crippen LogP contribution in [0.4, 0.5) is 0 Å². The molecule has 3 nitrogen and oxygen atoms in total. The molecule has 0 rings (SSSR count). The standard InChI is InChI=1S/C5H8N2O/c1-2-7-4-3-5(6)8/h2-4H,1H3,(H2,6,8)/b4-3+,7-2?. The van der Waals surface area contributed by atoms with Crippen LogP contribution < -0.4 is 5.73 Å². The highest BCUT2D eigenvalue weighted by Gasteiger charge is 1.75. The number of rotatable bonds is 2. The van der Waals surface area contributed by atoms with Crippen LogP contribution in [0, 0.1) is 0 Å². The van der Waals surface area contributed by atoms with Crippen LogP contribution in [-0.2, 0) is 4.79 Å². The van der Waals surface area contributed by atoms with Crippen LogP contribution in [0.5, 0.6) is 0 Å². The molecule has 0 atom stereocenters. The number of aliphatic imine (C=N–C) groups is 1. The lowest BCUT2D eigenvalue weighted by atomic mass is 10.6. The molecule has 0 aliphatic rings. The minimum Gasteiger partial charge on any atom is -0.366 e. The van der Waals surface area contributed by atoms with Crippen molar-refractivity contribution in [3.05, 3.63) is 12.3 Å². The van der Waals surface area contributed by atoms with Crippen LogP contribution in [0.25, 0.3) is 0 Å². The van der Waals surface area contributed by atoms with Crippen molar-refractivity contribution in [2.45, 2.75) is 6.92 Å². The molecule has 8 heavy (non-hydrogen) atoms. The molecule has 0 saturated carbocycles. The van der Waals surface area contributed by atoms with Gasteiger partial charge in [0.1, 0.15) is 0 Å². The third-order valence-corrected chi connectivity index (χ3v) is 0.474. The summed E-state index contributed by atoms with van der Waals surface area (Å²) in [6, 6.07) is 0. The van der Waals surface area contributed by atoms with Gasteiger partial charge in [-0.15, -0.1) is 0 Å². The van der Waals surface area contributed by atoms with Gasteiger partial charge in [-0.3, -0.25) is 9.79 Å². The molecular formula is C5H8N2O. The maximum Gasteiger partial charge on any atom is 0.242 e. The molecule has 0 aliphatic carbocycles. The predicted octanol–water partition coefficient (Wildman–Crippen LogP) is 0.0761. The highest BCUT2D eigenvalue weighted by Crippen LogP contribution is 1.69. The van der Waals surface area contributed by atoms with Gasteiger partial charge in [0.25, 0.3) is 0 Å². The van der Waals surface area contributed by atoms with Crippen molar-refractivity contribution < 1.29 is 4.79 Å². The van der Waals surface area contributed by atoms with Gasteiger partial charge in [0.05, 0.1) is 0 Å². The predicted molar refractivity (Wildman–Crippen MR) is 32.5 cm³/mol. The molecule has 2 N–H and O–H groups in total. The lowest BCUT2D eigenvalue weighted by Gasteiger charge is -1.73. The van der Waals surface area contributed by atoms with E-state index < -0.39 is 5.91 Å². The van der Waals surface area contributed by atoms with Crippen LogP contribution in [0.1, 0.15) is 6.92 Å². The van der Waals surface area contributed by atoms with E-state index in [4.69, 9.17) is 5.73 Å². The van der Waals surface area contributed by atoms with E-state index in [0.717, 1.165) is 0 Å². The van der Waals surface area contributed by atoms with Gasteiger partial charge in [0.2, 0.25) is 5.91 Å². The molecule has 0 bridgehead atoms. The Balaban J connectivity index is 3.50. The number of hydrogen-bond donors (Lipinski definition) is 1. The molecule has 0 aromatic rings. The Labute approximate surface area is 47.9 Å². The van der Waals surface area contributed by atoms with E-state index >= 15 is 0 Å². The van der Waals surface area contributed by atoms with E-state index in [9.17, 15) is 4.79 Å². The van der Waals surface area contributed by atoms with Gasteiger partial charge in [-0.25, -0.2) is 0 Å². The summed E-state index contributed by atoms with van der Waals surface area (Å²) in [5.41, 5.74) is 4.73. The summed E-state index contributed by atoms with van der Waals surface area (Å²) >= 11 is 0. The average Bonchev–Trinajstić information content (AvgIpc) is 1.66. The second kappa shape index (κ2) is 4.05. The lowest BCUT2D eigenvalue weighted by molar-refractivity contribution is -0.113. The lowest BCUT2D eigenvalue weighted by Crippen LogP contribution is -2.04. The summed E-state index contributed by atoms with van der Waals surface area (Å²) in [6.07, 6.45) is 4.11. The minimum absolute atomic E-state index is 0.476. The quantitative estimate of drug-likeness (QED) is 0.399. The monoisotopic (exact) mass is 112 g/mol. The van der Waals surface area contributed by atoms with Crippen molar-refractivity contribution in [3.63, 3.8) is 0 Å². The summed E-state index contributed by atoms with van der Waals surface area (Å²) in [7, 11) is 0. The number of carbonyl (C=O) groups is 1. The van der Waals surface area contributed by atoms with Gasteiger partial charge in [-0.05, 0) is 6.92 Å². The van der Waals surface area contributed by atoms with E-state index in [-0.39, 0.29) is 0 Å². The normalized spacial score (nSPS) is 11.1. The zero-order valence-corrected chi connectivity index (χ0v) is 4.66. The summed E-state index contributed by atoms with van der Waals surface area (Å²) in [5, 5.41) is 0. The maximum absolute atomic E-state index is 9.94. The van der Waals surface area contributed by atoms with E-state index in [0.29, 0.717) is 0 Å². The number of hydrogen-bond acceptors (Lipinski definition) is 2. The molecule has 0 aliphatic heterocycles. The van der Waals surface area contributed by atoms with Crippen LogP contribution in [0.3, 0.4) is 0 Å². The maximum atomic E-state index is 9.94. The molecule has 3 heteroatoms. The third-order valence-electron chi connectivity index (χ3n) is 0.474. The molecule has 0 fully saturated rings. The molecule has 0 heterocycles. The number of primary amides is 1. The van der Waals surface area contributed by atoms with Crippen molar-refractivity contribution >= 4 is 12.1 Å². The smallest absolute Gasteiger partial charge is 0.242 e. The van der Waals surface area contributed by atoms with Crippen molar-refractivity contribution in [2.75, 3.05) is 0 Å². The molecule has 0 radical (unpaired) electrons. The van der Waals surface area contributed by atoms with Gasteiger partial charge in [0.15, 0.2) is 0 Å². The molecule has 0 saturated heterocycles. The van der Waals surface area contributed by atoms with Crippen molar-refractivity contribution in [1.29, 1.82) is 0 Å². The van der Waals surface area contributed by atoms with Crippen LogP contribution in [0.15, 0.2) is 17.3 Å². The summed E-state index contributed by atoms with van der Waals surface area (Å²) in [4.78, 5) is 13.5. The Bertz CT molecular complexity index is 126. The van der Waals surface area contributed by atoms with Gasteiger partial charge >= 0.3 is 0 Å². The van der Waals surface area contributed by atoms with Gasteiger partial charge < -0.3 is 5.73 Å². The number of nitrogens with zero attached hydrogens (tertiary/aromatic N) is 1. The SMILES string of the molecule is CC=N/C=C/C(N)=O. The Morgan fingerprint density at radius 1 is 1.75 bits per heavy atom. The van der Waals surface area contributed by atoms with Crippen molar-refractivity contribution in [3.8, 4) is 0 Å². The Kier molecular flexibility index (Phi) is 3.48. The first-order chi connectivity index (χ1) is 3.77. The fourth-order valence-corrected chi connectivity index (χ4v) is 0.203. The first-order valence-corrected chi connectivity index (χ1v) is 2.21. The van der Waals surface area contributed by atoms with Crippen LogP contribution in [0.2, 0.25) is 0 Å². The van der Waals surface area contributed by atoms with Crippen molar-refractivity contribution in [1.82, 2.24) is 0 Å². The average molecular weight is 112 g/mol. The fourth-order valence-electron chi connectivity index (χ4n) is 0.203. The summed E-state index contributed by atoms with van der Waals surface area (Å²) < 4.78 is 0. The number of nitrogens with two attached hydrogens (primary N) is 1. The second-order valence-corrected chi connectivity index (χ2v) is 1.13. The molecule has 0 aromatic carbocycles. The van der Waals surface area contributed by atoms with Gasteiger partial charge in [-0.2, -0.15) is 0 Å². The minimum atomic E-state index is -0.476. The Morgan fingerprint density at radius 3 is 2.75 bits per heavy atom. The van der Waals surface area contributed by atoms with E-state index in [2.05, 4.69) is 4.99 Å². The van der Waals surface area contributed by atoms with Crippen LogP contribution in [-0.4, -0.2) is 12.1 Å². The highest BCUT2D eigenvalue weighted by atomic mass is 16.1. The van der Waals surface area contributed by atoms with E-state index in [1.165, 1.54) is 12.3 Å². The third kappa shape index (κ3) is 4.88. The van der Waals surface area contributed by atoms with E-state index in [1.807, 2.05) is 0 Å². The van der Waals surface area contributed by atoms with Crippen molar-refractivity contribution in [2.24, 2.45) is 10.7 Å². The molecule has 0 unspecified atom stereocenters. The van der Waals surface area contributed by atoms with Gasteiger partial charge in [-0.1, -0.05) is 0 Å². The Morgan fingerprint density at radius 2 is 2.38 bits per heavy atom. The first-order valence-electron chi connectivity index (χ1n) is 2.21. The molecule has 1 amide bonds. The van der Waals surface area contributed by atoms with Crippen LogP contribution >= 0.6 is 0 Å². The molecular weight excluding hydrogens is 104 g/mol. The molecule has 44 valence electrons.